The van der Waals surface area contributed by atoms with E-state index in [1.807, 2.05) is 0 Å². The zero-order valence-corrected chi connectivity index (χ0v) is 9.45. The summed E-state index contributed by atoms with van der Waals surface area (Å²) >= 11 is 0. The maximum Gasteiger partial charge on any atom is 0.354 e. The van der Waals surface area contributed by atoms with Crippen LogP contribution in [0.1, 0.15) is 21.0 Å². The van der Waals surface area contributed by atoms with Gasteiger partial charge < -0.3 is 15.4 Å². The number of nitrogens with one attached hydrogen (secondary N) is 2. The van der Waals surface area contributed by atoms with Crippen LogP contribution in [0.4, 0.5) is 5.69 Å². The number of hydrogen-bond acceptors (Lipinski definition) is 5. The lowest BCUT2D eigenvalue weighted by molar-refractivity contribution is 0.0690. The van der Waals surface area contributed by atoms with E-state index in [9.17, 15) is 14.4 Å². The molecule has 0 spiro atoms. The molecule has 1 amide bonds. The number of aromatic amines is 1. The third-order valence-electron chi connectivity index (χ3n) is 2.14. The lowest BCUT2D eigenvalue weighted by Crippen LogP contribution is -2.17. The molecule has 19 heavy (non-hydrogen) atoms. The van der Waals surface area contributed by atoms with E-state index in [-0.39, 0.29) is 17.1 Å². The summed E-state index contributed by atoms with van der Waals surface area (Å²) in [5.41, 5.74) is -0.334. The van der Waals surface area contributed by atoms with Gasteiger partial charge in [-0.2, -0.15) is 0 Å². The number of carbonyl (C=O) groups excluding carboxylic acids is 1. The second kappa shape index (κ2) is 5.08. The van der Waals surface area contributed by atoms with Crippen molar-refractivity contribution in [3.63, 3.8) is 0 Å². The molecule has 0 aliphatic carbocycles. The Kier molecular flexibility index (Phi) is 3.33. The van der Waals surface area contributed by atoms with Crippen molar-refractivity contribution in [3.05, 3.63) is 52.5 Å². The van der Waals surface area contributed by atoms with E-state index in [0.29, 0.717) is 0 Å². The summed E-state index contributed by atoms with van der Waals surface area (Å²) < 4.78 is 0. The van der Waals surface area contributed by atoms with Crippen molar-refractivity contribution in [2.75, 3.05) is 5.32 Å². The van der Waals surface area contributed by atoms with Crippen LogP contribution in [0.2, 0.25) is 0 Å². The number of aromatic carboxylic acids is 1. The minimum Gasteiger partial charge on any atom is -0.477 e. The molecule has 96 valence electrons. The highest BCUT2D eigenvalue weighted by Crippen LogP contribution is 2.09. The number of amides is 1. The van der Waals surface area contributed by atoms with E-state index in [1.165, 1.54) is 18.3 Å². The first kappa shape index (κ1) is 12.4. The zero-order valence-electron chi connectivity index (χ0n) is 9.45. The first-order valence-electron chi connectivity index (χ1n) is 5.11. The highest BCUT2D eigenvalue weighted by atomic mass is 16.4. The summed E-state index contributed by atoms with van der Waals surface area (Å²) in [6.07, 6.45) is 3.40. The molecule has 3 N–H and O–H groups in total. The van der Waals surface area contributed by atoms with Gasteiger partial charge in [0, 0.05) is 18.1 Å². The lowest BCUT2D eigenvalue weighted by atomic mass is 10.3. The number of aromatic nitrogens is 3. The fraction of sp³-hybridized carbons (Fsp3) is 0. The summed E-state index contributed by atoms with van der Waals surface area (Å²) in [5.74, 6) is -1.77. The van der Waals surface area contributed by atoms with Gasteiger partial charge in [0.05, 0.1) is 6.20 Å². The number of H-pyrrole nitrogens is 1. The third kappa shape index (κ3) is 3.00. The van der Waals surface area contributed by atoms with Crippen molar-refractivity contribution in [2.24, 2.45) is 0 Å². The Morgan fingerprint density at radius 1 is 1.26 bits per heavy atom. The molecule has 0 aliphatic heterocycles. The van der Waals surface area contributed by atoms with Crippen molar-refractivity contribution < 1.29 is 14.7 Å². The van der Waals surface area contributed by atoms with Crippen LogP contribution in [0.5, 0.6) is 0 Å². The SMILES string of the molecule is O=C(O)c1cc(NC(=O)c2c[nH]c(=O)cn2)ccn1. The molecule has 0 aliphatic rings. The molecule has 8 heteroatoms. The van der Waals surface area contributed by atoms with E-state index in [4.69, 9.17) is 5.11 Å². The van der Waals surface area contributed by atoms with Crippen LogP contribution in [0.25, 0.3) is 0 Å². The first-order chi connectivity index (χ1) is 9.06. The average molecular weight is 260 g/mol. The van der Waals surface area contributed by atoms with Gasteiger partial charge in [-0.3, -0.25) is 9.59 Å². The summed E-state index contributed by atoms with van der Waals surface area (Å²) in [6.45, 7) is 0. The molecule has 2 aromatic rings. The Labute approximate surface area is 106 Å². The predicted molar refractivity (Wildman–Crippen MR) is 64.0 cm³/mol. The van der Waals surface area contributed by atoms with E-state index < -0.39 is 17.4 Å². The number of anilines is 1. The largest absolute Gasteiger partial charge is 0.477 e. The second-order valence-corrected chi connectivity index (χ2v) is 3.49. The molecule has 0 atom stereocenters. The van der Waals surface area contributed by atoms with Gasteiger partial charge in [0.1, 0.15) is 11.4 Å². The lowest BCUT2D eigenvalue weighted by Gasteiger charge is -2.04. The molecule has 0 radical (unpaired) electrons. The summed E-state index contributed by atoms with van der Waals surface area (Å²) in [5, 5.41) is 11.2. The van der Waals surface area contributed by atoms with Gasteiger partial charge in [-0.1, -0.05) is 0 Å². The van der Waals surface area contributed by atoms with E-state index in [0.717, 1.165) is 12.4 Å². The second-order valence-electron chi connectivity index (χ2n) is 3.49. The fourth-order valence-corrected chi connectivity index (χ4v) is 1.29. The Hall–Kier alpha value is -3.03. The average Bonchev–Trinajstić information content (AvgIpc) is 2.39. The Balaban J connectivity index is 2.19. The molecular weight excluding hydrogens is 252 g/mol. The molecule has 0 saturated heterocycles. The third-order valence-corrected chi connectivity index (χ3v) is 2.14. The molecule has 0 unspecified atom stereocenters. The van der Waals surface area contributed by atoms with Crippen LogP contribution in [0, 0.1) is 0 Å². The monoisotopic (exact) mass is 260 g/mol. The summed E-state index contributed by atoms with van der Waals surface area (Å²) in [6, 6.07) is 2.65. The molecular formula is C11H8N4O4. The molecule has 2 heterocycles. The quantitative estimate of drug-likeness (QED) is 0.719. The van der Waals surface area contributed by atoms with Crippen LogP contribution < -0.4 is 10.9 Å². The van der Waals surface area contributed by atoms with Gasteiger partial charge in [0.2, 0.25) is 0 Å². The molecule has 2 rings (SSSR count). The van der Waals surface area contributed by atoms with Crippen LogP contribution in [0.15, 0.2) is 35.5 Å². The van der Waals surface area contributed by atoms with Crippen LogP contribution in [-0.4, -0.2) is 31.9 Å². The number of hydrogen-bond donors (Lipinski definition) is 3. The molecule has 2 aromatic heterocycles. The summed E-state index contributed by atoms with van der Waals surface area (Å²) in [4.78, 5) is 42.8. The molecule has 8 nitrogen and oxygen atoms in total. The minimum atomic E-state index is -1.20. The standard InChI is InChI=1S/C11H8N4O4/c16-9-5-13-8(4-14-9)10(17)15-6-1-2-12-7(3-6)11(18)19/h1-5H,(H,14,16)(H,18,19)(H,12,15,17). The van der Waals surface area contributed by atoms with E-state index >= 15 is 0 Å². The van der Waals surface area contributed by atoms with Gasteiger partial charge in [-0.25, -0.2) is 14.8 Å². The number of carboxylic acid groups (broad SMARTS) is 1. The maximum absolute atomic E-state index is 11.7. The van der Waals surface area contributed by atoms with Crippen LogP contribution in [0.3, 0.4) is 0 Å². The topological polar surface area (TPSA) is 125 Å². The molecule has 0 fully saturated rings. The number of rotatable bonds is 3. The van der Waals surface area contributed by atoms with Crippen LogP contribution in [-0.2, 0) is 0 Å². The van der Waals surface area contributed by atoms with Crippen molar-refractivity contribution in [1.82, 2.24) is 15.0 Å². The zero-order chi connectivity index (χ0) is 13.8. The maximum atomic E-state index is 11.7. The van der Waals surface area contributed by atoms with Gasteiger partial charge in [0.25, 0.3) is 11.5 Å². The van der Waals surface area contributed by atoms with Gasteiger partial charge in [0.15, 0.2) is 0 Å². The fourth-order valence-electron chi connectivity index (χ4n) is 1.29. The Morgan fingerprint density at radius 3 is 2.68 bits per heavy atom. The number of nitrogens with zero attached hydrogens (tertiary/aromatic N) is 2. The molecule has 0 bridgehead atoms. The molecule has 0 aromatic carbocycles. The highest BCUT2D eigenvalue weighted by molar-refractivity contribution is 6.03. The van der Waals surface area contributed by atoms with Crippen LogP contribution >= 0.6 is 0 Å². The summed E-state index contributed by atoms with van der Waals surface area (Å²) in [7, 11) is 0. The van der Waals surface area contributed by atoms with Gasteiger partial charge in [-0.05, 0) is 12.1 Å². The minimum absolute atomic E-state index is 0.00767. The van der Waals surface area contributed by atoms with Crippen molar-refractivity contribution in [1.29, 1.82) is 0 Å². The van der Waals surface area contributed by atoms with Gasteiger partial charge in [-0.15, -0.1) is 0 Å². The number of carbonyl (C=O) groups is 2. The number of carboxylic acids is 1. The number of pyridine rings is 1. The smallest absolute Gasteiger partial charge is 0.354 e. The van der Waals surface area contributed by atoms with E-state index in [2.05, 4.69) is 20.3 Å². The highest BCUT2D eigenvalue weighted by Gasteiger charge is 2.10. The normalized spacial score (nSPS) is 9.89. The van der Waals surface area contributed by atoms with Crippen molar-refractivity contribution >= 4 is 17.6 Å². The van der Waals surface area contributed by atoms with Gasteiger partial charge >= 0.3 is 5.97 Å². The molecule has 0 saturated carbocycles. The predicted octanol–water partition coefficient (Wildman–Crippen LogP) is 0.115. The van der Waals surface area contributed by atoms with Crippen molar-refractivity contribution in [3.8, 4) is 0 Å². The van der Waals surface area contributed by atoms with E-state index in [1.54, 1.807) is 0 Å². The Morgan fingerprint density at radius 2 is 2.05 bits per heavy atom. The van der Waals surface area contributed by atoms with Crippen molar-refractivity contribution in [2.45, 2.75) is 0 Å². The Bertz CT molecular complexity index is 675. The first-order valence-corrected chi connectivity index (χ1v) is 5.11.